The number of alkyl halides is 2. The Morgan fingerprint density at radius 2 is 1.94 bits per heavy atom. The van der Waals surface area contributed by atoms with Crippen LogP contribution in [0.5, 0.6) is 5.75 Å². The van der Waals surface area contributed by atoms with Crippen molar-refractivity contribution in [1.29, 1.82) is 0 Å². The number of rotatable bonds is 3. The Hall–Kier alpha value is -0.830. The van der Waals surface area contributed by atoms with Crippen molar-refractivity contribution in [3.8, 4) is 16.3 Å². The first-order chi connectivity index (χ1) is 7.65. The molecular weight excluding hydrogens is 349 g/mol. The number of ether oxygens (including phenoxy) is 1. The quantitative estimate of drug-likeness (QED) is 0.793. The molecule has 0 saturated carbocycles. The Kier molecular flexibility index (Phi) is 3.64. The molecule has 0 bridgehead atoms. The summed E-state index contributed by atoms with van der Waals surface area (Å²) in [6, 6.07) is 6.31. The Morgan fingerprint density at radius 1 is 1.25 bits per heavy atom. The average Bonchev–Trinajstić information content (AvgIpc) is 2.65. The molecule has 3 nitrogen and oxygen atoms in total. The molecule has 0 aliphatic carbocycles. The second-order valence-corrected chi connectivity index (χ2v) is 4.49. The largest absolute Gasteiger partial charge is 0.435 e. The summed E-state index contributed by atoms with van der Waals surface area (Å²) in [5.74, 6) is 0.137. The molecule has 0 spiro atoms. The maximum absolute atomic E-state index is 11.9. The molecular formula is C9H5F2IN2OS. The van der Waals surface area contributed by atoms with E-state index in [1.165, 1.54) is 23.7 Å². The van der Waals surface area contributed by atoms with E-state index in [0.29, 0.717) is 3.83 Å². The molecule has 1 aromatic heterocycles. The summed E-state index contributed by atoms with van der Waals surface area (Å²) in [4.78, 5) is 4.18. The van der Waals surface area contributed by atoms with Gasteiger partial charge in [0.1, 0.15) is 10.8 Å². The van der Waals surface area contributed by atoms with E-state index in [9.17, 15) is 8.78 Å². The van der Waals surface area contributed by atoms with E-state index in [1.807, 2.05) is 22.6 Å². The molecule has 1 heterocycles. The first-order valence-electron chi connectivity index (χ1n) is 4.19. The fourth-order valence-corrected chi connectivity index (χ4v) is 2.37. The van der Waals surface area contributed by atoms with Crippen molar-refractivity contribution >= 4 is 34.1 Å². The molecule has 2 aromatic rings. The molecule has 0 N–H and O–H groups in total. The third-order valence-corrected chi connectivity index (χ3v) is 3.30. The second kappa shape index (κ2) is 5.00. The van der Waals surface area contributed by atoms with Gasteiger partial charge in [-0.15, -0.1) is 0 Å². The third kappa shape index (κ3) is 2.85. The fourth-order valence-electron chi connectivity index (χ4n) is 1.10. The molecule has 84 valence electrons. The number of hydrogen-bond acceptors (Lipinski definition) is 4. The summed E-state index contributed by atoms with van der Waals surface area (Å²) in [7, 11) is 0. The number of halogens is 3. The Balaban J connectivity index is 2.19. The summed E-state index contributed by atoms with van der Waals surface area (Å²) < 4.78 is 32.8. The van der Waals surface area contributed by atoms with E-state index in [2.05, 4.69) is 14.1 Å². The Bertz CT molecular complexity index is 475. The van der Waals surface area contributed by atoms with E-state index in [-0.39, 0.29) is 5.75 Å². The zero-order valence-corrected chi connectivity index (χ0v) is 10.7. The van der Waals surface area contributed by atoms with Gasteiger partial charge in [0.25, 0.3) is 0 Å². The van der Waals surface area contributed by atoms with Gasteiger partial charge in [-0.2, -0.15) is 13.2 Å². The fraction of sp³-hybridized carbons (Fsp3) is 0.111. The van der Waals surface area contributed by atoms with Crippen LogP contribution in [0.2, 0.25) is 0 Å². The molecule has 0 saturated heterocycles. The van der Waals surface area contributed by atoms with Gasteiger partial charge in [0.2, 0.25) is 3.83 Å². The molecule has 1 aromatic carbocycles. The smallest absolute Gasteiger partial charge is 0.387 e. The summed E-state index contributed by atoms with van der Waals surface area (Å²) in [5.41, 5.74) is 0.835. The maximum atomic E-state index is 11.9. The lowest BCUT2D eigenvalue weighted by atomic mass is 10.2. The zero-order valence-electron chi connectivity index (χ0n) is 7.73. The predicted molar refractivity (Wildman–Crippen MR) is 64.7 cm³/mol. The molecule has 0 atom stereocenters. The van der Waals surface area contributed by atoms with E-state index in [4.69, 9.17) is 0 Å². The minimum absolute atomic E-state index is 0.137. The van der Waals surface area contributed by atoms with Crippen LogP contribution >= 0.6 is 34.1 Å². The van der Waals surface area contributed by atoms with Crippen LogP contribution in [0.15, 0.2) is 24.3 Å². The first kappa shape index (κ1) is 11.6. The number of hydrogen-bond donors (Lipinski definition) is 0. The topological polar surface area (TPSA) is 35.0 Å². The van der Waals surface area contributed by atoms with Crippen molar-refractivity contribution in [3.63, 3.8) is 0 Å². The van der Waals surface area contributed by atoms with Crippen LogP contribution in [0.4, 0.5) is 8.78 Å². The highest BCUT2D eigenvalue weighted by molar-refractivity contribution is 14.1. The summed E-state index contributed by atoms with van der Waals surface area (Å²) in [6.07, 6.45) is 0. The number of aromatic nitrogens is 2. The summed E-state index contributed by atoms with van der Waals surface area (Å²) in [5, 5.41) is 0.757. The molecule has 0 amide bonds. The molecule has 0 unspecified atom stereocenters. The Labute approximate surface area is 108 Å². The molecule has 0 aliphatic heterocycles. The summed E-state index contributed by atoms with van der Waals surface area (Å²) in [6.45, 7) is -2.80. The minimum atomic E-state index is -2.80. The second-order valence-electron chi connectivity index (χ2n) is 2.77. The normalized spacial score (nSPS) is 10.8. The van der Waals surface area contributed by atoms with Gasteiger partial charge in [0.15, 0.2) is 0 Å². The maximum Gasteiger partial charge on any atom is 0.387 e. The molecule has 2 rings (SSSR count). The van der Waals surface area contributed by atoms with Gasteiger partial charge < -0.3 is 4.74 Å². The van der Waals surface area contributed by atoms with Crippen molar-refractivity contribution in [2.75, 3.05) is 0 Å². The zero-order chi connectivity index (χ0) is 11.5. The van der Waals surface area contributed by atoms with Gasteiger partial charge in [0, 0.05) is 28.2 Å². The molecule has 0 fully saturated rings. The molecule has 0 aliphatic rings. The van der Waals surface area contributed by atoms with Crippen LogP contribution in [0, 0.1) is 3.83 Å². The molecule has 7 heteroatoms. The molecule has 0 radical (unpaired) electrons. The monoisotopic (exact) mass is 354 g/mol. The van der Waals surface area contributed by atoms with Gasteiger partial charge in [-0.3, -0.25) is 0 Å². The predicted octanol–water partition coefficient (Wildman–Crippen LogP) is 3.41. The summed E-state index contributed by atoms with van der Waals surface area (Å²) >= 11 is 3.28. The van der Waals surface area contributed by atoms with E-state index >= 15 is 0 Å². The number of benzene rings is 1. The van der Waals surface area contributed by atoms with Crippen molar-refractivity contribution in [2.24, 2.45) is 0 Å². The van der Waals surface area contributed by atoms with Gasteiger partial charge in [-0.1, -0.05) is 0 Å². The Morgan fingerprint density at radius 3 is 2.44 bits per heavy atom. The lowest BCUT2D eigenvalue weighted by Crippen LogP contribution is -2.01. The van der Waals surface area contributed by atoms with Crippen molar-refractivity contribution < 1.29 is 13.5 Å². The molecule has 16 heavy (non-hydrogen) atoms. The lowest BCUT2D eigenvalue weighted by molar-refractivity contribution is -0.0498. The van der Waals surface area contributed by atoms with Gasteiger partial charge >= 0.3 is 6.61 Å². The van der Waals surface area contributed by atoms with E-state index in [1.54, 1.807) is 12.1 Å². The van der Waals surface area contributed by atoms with Crippen molar-refractivity contribution in [1.82, 2.24) is 9.36 Å². The average molecular weight is 354 g/mol. The first-order valence-corrected chi connectivity index (χ1v) is 6.05. The van der Waals surface area contributed by atoms with Crippen LogP contribution in [-0.4, -0.2) is 16.0 Å². The van der Waals surface area contributed by atoms with Crippen LogP contribution in [0.25, 0.3) is 10.6 Å². The highest BCUT2D eigenvalue weighted by Gasteiger charge is 2.07. The van der Waals surface area contributed by atoms with Crippen LogP contribution in [0.3, 0.4) is 0 Å². The highest BCUT2D eigenvalue weighted by atomic mass is 127. The van der Waals surface area contributed by atoms with Gasteiger partial charge in [0.05, 0.1) is 0 Å². The standard InChI is InChI=1S/C9H5F2IN2OS/c10-8(11)15-6-3-1-5(2-4-6)7-13-9(12)14-16-7/h1-4,8H. The van der Waals surface area contributed by atoms with Crippen molar-refractivity contribution in [3.05, 3.63) is 28.1 Å². The van der Waals surface area contributed by atoms with Crippen LogP contribution in [0.1, 0.15) is 0 Å². The van der Waals surface area contributed by atoms with Crippen LogP contribution < -0.4 is 4.74 Å². The van der Waals surface area contributed by atoms with Gasteiger partial charge in [-0.25, -0.2) is 4.98 Å². The van der Waals surface area contributed by atoms with Crippen LogP contribution in [-0.2, 0) is 0 Å². The number of nitrogens with zero attached hydrogens (tertiary/aromatic N) is 2. The SMILES string of the molecule is FC(F)Oc1ccc(-c2nc(I)ns2)cc1. The highest BCUT2D eigenvalue weighted by Crippen LogP contribution is 2.24. The van der Waals surface area contributed by atoms with Crippen molar-refractivity contribution in [2.45, 2.75) is 6.61 Å². The lowest BCUT2D eigenvalue weighted by Gasteiger charge is -2.03. The van der Waals surface area contributed by atoms with E-state index in [0.717, 1.165) is 10.6 Å². The van der Waals surface area contributed by atoms with Gasteiger partial charge in [-0.05, 0) is 35.8 Å². The van der Waals surface area contributed by atoms with E-state index < -0.39 is 6.61 Å². The minimum Gasteiger partial charge on any atom is -0.435 e. The third-order valence-electron chi connectivity index (χ3n) is 1.73.